The molecule has 0 aliphatic carbocycles. The quantitative estimate of drug-likeness (QED) is 0.569. The summed E-state index contributed by atoms with van der Waals surface area (Å²) < 4.78 is 33.8. The van der Waals surface area contributed by atoms with Crippen LogP contribution in [0.4, 0.5) is 8.78 Å². The van der Waals surface area contributed by atoms with E-state index >= 15 is 0 Å². The smallest absolute Gasteiger partial charge is 0.174 e. The number of hydrogen-bond acceptors (Lipinski definition) is 1. The molecule has 0 N–H and O–H groups in total. The van der Waals surface area contributed by atoms with Crippen LogP contribution in [0.3, 0.4) is 0 Å². The minimum absolute atomic E-state index is 1.08. The summed E-state index contributed by atoms with van der Waals surface area (Å²) in [5.41, 5.74) is -3.12. The van der Waals surface area contributed by atoms with Gasteiger partial charge in [-0.15, -0.1) is 0 Å². The Balaban J connectivity index is 3.65. The first-order valence-corrected chi connectivity index (χ1v) is 3.51. The Hall–Kier alpha value is 0.01000. The molecule has 2 unspecified atom stereocenters. The zero-order chi connectivity index (χ0) is 6.73. The van der Waals surface area contributed by atoms with Gasteiger partial charge < -0.3 is 0 Å². The lowest BCUT2D eigenvalue weighted by atomic mass is 10.9. The summed E-state index contributed by atoms with van der Waals surface area (Å²) in [6.07, 6.45) is 0. The summed E-state index contributed by atoms with van der Waals surface area (Å²) in [7, 11) is -1.96. The molecule has 0 heterocycles. The maximum atomic E-state index is 11.8. The Kier molecular flexibility index (Phi) is 3.12. The molecule has 8 heavy (non-hydrogen) atoms. The first kappa shape index (κ1) is 8.01. The van der Waals surface area contributed by atoms with Crippen molar-refractivity contribution in [2.45, 2.75) is 24.9 Å². The van der Waals surface area contributed by atoms with Gasteiger partial charge in [-0.25, -0.2) is 8.78 Å². The second-order valence-electron chi connectivity index (χ2n) is 1.41. The van der Waals surface area contributed by atoms with Crippen molar-refractivity contribution in [1.82, 2.24) is 0 Å². The van der Waals surface area contributed by atoms with Crippen molar-refractivity contribution in [1.29, 1.82) is 0 Å². The molecular formula is C4H8F2OS. The van der Waals surface area contributed by atoms with Gasteiger partial charge in [0.1, 0.15) is 0 Å². The number of rotatable bonds is 2. The number of hydrogen-bond donors (Lipinski definition) is 0. The molecule has 0 saturated heterocycles. The van der Waals surface area contributed by atoms with E-state index in [0.717, 1.165) is 13.8 Å². The summed E-state index contributed by atoms with van der Waals surface area (Å²) in [4.78, 5) is 0. The fraction of sp³-hybridized carbons (Fsp3) is 1.00. The molecule has 0 aromatic rings. The second kappa shape index (κ2) is 3.12. The molecule has 4 heteroatoms. The van der Waals surface area contributed by atoms with Gasteiger partial charge in [0.15, 0.2) is 11.0 Å². The number of halogens is 2. The van der Waals surface area contributed by atoms with Crippen molar-refractivity contribution in [3.63, 3.8) is 0 Å². The normalized spacial score (nSPS) is 22.0. The molecule has 0 fully saturated rings. The van der Waals surface area contributed by atoms with Crippen molar-refractivity contribution >= 4 is 10.8 Å². The molecule has 0 bridgehead atoms. The monoisotopic (exact) mass is 142 g/mol. The molecule has 2 atom stereocenters. The maximum Gasteiger partial charge on any atom is 0.174 e. The Labute approximate surface area is 49.5 Å². The third-order valence-corrected chi connectivity index (χ3v) is 1.92. The topological polar surface area (TPSA) is 17.1 Å². The molecule has 0 radical (unpaired) electrons. The lowest BCUT2D eigenvalue weighted by Gasteiger charge is -2.00. The molecule has 0 aliphatic rings. The molecule has 0 rings (SSSR count). The van der Waals surface area contributed by atoms with E-state index in [-0.39, 0.29) is 0 Å². The van der Waals surface area contributed by atoms with E-state index in [0.29, 0.717) is 0 Å². The zero-order valence-corrected chi connectivity index (χ0v) is 5.54. The van der Waals surface area contributed by atoms with Crippen LogP contribution in [0.1, 0.15) is 13.8 Å². The molecule has 0 amide bonds. The fourth-order valence-electron chi connectivity index (χ4n) is 0.258. The molecule has 0 saturated carbocycles. The molecule has 1 nitrogen and oxygen atoms in total. The van der Waals surface area contributed by atoms with Crippen molar-refractivity contribution in [2.75, 3.05) is 0 Å². The molecule has 50 valence electrons. The van der Waals surface area contributed by atoms with Crippen molar-refractivity contribution < 1.29 is 13.0 Å². The van der Waals surface area contributed by atoms with Gasteiger partial charge in [0.2, 0.25) is 0 Å². The molecule has 0 spiro atoms. The van der Waals surface area contributed by atoms with Crippen LogP contribution in [-0.2, 0) is 10.8 Å². The lowest BCUT2D eigenvalue weighted by Crippen LogP contribution is -2.12. The average molecular weight is 142 g/mol. The number of alkyl halides is 2. The fourth-order valence-corrected chi connectivity index (χ4v) is 0.775. The van der Waals surface area contributed by atoms with Crippen molar-refractivity contribution in [3.8, 4) is 0 Å². The summed E-state index contributed by atoms with van der Waals surface area (Å²) in [6, 6.07) is 0. The van der Waals surface area contributed by atoms with Crippen molar-refractivity contribution in [2.24, 2.45) is 0 Å². The van der Waals surface area contributed by atoms with Crippen LogP contribution in [0.25, 0.3) is 0 Å². The third-order valence-electron chi connectivity index (χ3n) is 0.640. The van der Waals surface area contributed by atoms with Gasteiger partial charge >= 0.3 is 0 Å². The van der Waals surface area contributed by atoms with E-state index in [4.69, 9.17) is 0 Å². The zero-order valence-electron chi connectivity index (χ0n) is 4.73. The molecule has 0 aliphatic heterocycles. The van der Waals surface area contributed by atoms with Crippen molar-refractivity contribution in [3.05, 3.63) is 0 Å². The van der Waals surface area contributed by atoms with Gasteiger partial charge in [-0.3, -0.25) is 4.21 Å². The highest BCUT2D eigenvalue weighted by molar-refractivity contribution is 7.85. The van der Waals surface area contributed by atoms with E-state index in [9.17, 15) is 13.0 Å². The molecule has 0 aromatic carbocycles. The summed E-state index contributed by atoms with van der Waals surface area (Å²) in [6.45, 7) is 2.15. The standard InChI is InChI=1S/C4H8F2OS/c1-3(5)8(7)4(2)6/h3-4H,1-2H3. The van der Waals surface area contributed by atoms with Gasteiger partial charge in [-0.05, 0) is 13.8 Å². The average Bonchev–Trinajstić information content (AvgIpc) is 1.64. The van der Waals surface area contributed by atoms with Crippen LogP contribution in [0, 0.1) is 0 Å². The van der Waals surface area contributed by atoms with Crippen LogP contribution in [0.2, 0.25) is 0 Å². The Morgan fingerprint density at radius 1 is 1.25 bits per heavy atom. The highest BCUT2D eigenvalue weighted by atomic mass is 32.2. The highest BCUT2D eigenvalue weighted by Crippen LogP contribution is 2.04. The van der Waals surface area contributed by atoms with Crippen LogP contribution >= 0.6 is 0 Å². The Morgan fingerprint density at radius 3 is 1.50 bits per heavy atom. The van der Waals surface area contributed by atoms with Gasteiger partial charge in [0.05, 0.1) is 10.8 Å². The van der Waals surface area contributed by atoms with Crippen LogP contribution in [0.15, 0.2) is 0 Å². The molecular weight excluding hydrogens is 134 g/mol. The van der Waals surface area contributed by atoms with Gasteiger partial charge in [0.25, 0.3) is 0 Å². The van der Waals surface area contributed by atoms with Gasteiger partial charge in [-0.2, -0.15) is 0 Å². The summed E-state index contributed by atoms with van der Waals surface area (Å²) >= 11 is 0. The van der Waals surface area contributed by atoms with E-state index in [1.165, 1.54) is 0 Å². The first-order valence-electron chi connectivity index (χ1n) is 2.23. The largest absolute Gasteiger partial charge is 0.254 e. The SMILES string of the molecule is CC(F)S(=O)C(C)F. The van der Waals surface area contributed by atoms with E-state index in [2.05, 4.69) is 0 Å². The first-order chi connectivity index (χ1) is 3.55. The second-order valence-corrected chi connectivity index (χ2v) is 3.37. The lowest BCUT2D eigenvalue weighted by molar-refractivity contribution is 0.425. The predicted octanol–water partition coefficient (Wildman–Crippen LogP) is 1.37. The summed E-state index contributed by atoms with van der Waals surface area (Å²) in [5.74, 6) is 0. The molecule has 0 aromatic heterocycles. The highest BCUT2D eigenvalue weighted by Gasteiger charge is 2.15. The van der Waals surface area contributed by atoms with Crippen LogP contribution in [-0.4, -0.2) is 15.2 Å². The third kappa shape index (κ3) is 2.35. The maximum absolute atomic E-state index is 11.8. The van der Waals surface area contributed by atoms with Gasteiger partial charge in [-0.1, -0.05) is 0 Å². The van der Waals surface area contributed by atoms with E-state index < -0.39 is 21.8 Å². The van der Waals surface area contributed by atoms with Crippen LogP contribution in [0.5, 0.6) is 0 Å². The Morgan fingerprint density at radius 2 is 1.50 bits per heavy atom. The predicted molar refractivity (Wildman–Crippen MR) is 29.3 cm³/mol. The minimum Gasteiger partial charge on any atom is -0.254 e. The van der Waals surface area contributed by atoms with Crippen LogP contribution < -0.4 is 0 Å². The van der Waals surface area contributed by atoms with Gasteiger partial charge in [0, 0.05) is 0 Å². The minimum atomic E-state index is -1.96. The van der Waals surface area contributed by atoms with E-state index in [1.807, 2.05) is 0 Å². The van der Waals surface area contributed by atoms with E-state index in [1.54, 1.807) is 0 Å². The Bertz CT molecular complexity index is 82.0. The summed E-state index contributed by atoms with van der Waals surface area (Å²) in [5, 5.41) is 0.